The average Bonchev–Trinajstić information content (AvgIpc) is 2.70. The summed E-state index contributed by atoms with van der Waals surface area (Å²) in [5, 5.41) is 2.79. The highest BCUT2D eigenvalue weighted by Gasteiger charge is 2.33. The van der Waals surface area contributed by atoms with Gasteiger partial charge in [-0.3, -0.25) is 9.69 Å². The molecule has 0 aromatic carbocycles. The first kappa shape index (κ1) is 18.6. The summed E-state index contributed by atoms with van der Waals surface area (Å²) in [5.41, 5.74) is -0.679. The van der Waals surface area contributed by atoms with Crippen LogP contribution in [0.15, 0.2) is 6.07 Å². The van der Waals surface area contributed by atoms with Crippen molar-refractivity contribution in [1.82, 2.24) is 20.2 Å². The third-order valence-electron chi connectivity index (χ3n) is 4.16. The van der Waals surface area contributed by atoms with Crippen LogP contribution in [0.4, 0.5) is 13.2 Å². The fourth-order valence-electron chi connectivity index (χ4n) is 2.89. The van der Waals surface area contributed by atoms with E-state index in [9.17, 15) is 18.0 Å². The number of aryl methyl sites for hydroxylation is 1. The second-order valence-corrected chi connectivity index (χ2v) is 6.20. The lowest BCUT2D eigenvalue weighted by Gasteiger charge is -2.24. The minimum absolute atomic E-state index is 0.0805. The third kappa shape index (κ3) is 5.15. The largest absolute Gasteiger partial charge is 0.433 e. The molecule has 0 radical (unpaired) electrons. The number of likely N-dealkylation sites (tertiary alicyclic amines) is 1. The van der Waals surface area contributed by atoms with Crippen LogP contribution >= 0.6 is 0 Å². The molecule has 2 heterocycles. The standard InChI is InChI=1S/C16H23F3N4O/c1-11-10-13(16(17,18)19)22-14(21-11)7-8-20-15(24)12-6-4-3-5-9-23(12)2/h10,12H,3-9H2,1-2H3,(H,20,24)/t12-/m0/s1. The zero-order chi connectivity index (χ0) is 17.7. The summed E-state index contributed by atoms with van der Waals surface area (Å²) < 4.78 is 38.3. The fourth-order valence-corrected chi connectivity index (χ4v) is 2.89. The number of nitrogens with zero attached hydrogens (tertiary/aromatic N) is 3. The van der Waals surface area contributed by atoms with Crippen molar-refractivity contribution in [3.05, 3.63) is 23.3 Å². The van der Waals surface area contributed by atoms with Gasteiger partial charge in [0, 0.05) is 18.7 Å². The van der Waals surface area contributed by atoms with Crippen LogP contribution in [0.3, 0.4) is 0 Å². The van der Waals surface area contributed by atoms with Crippen LogP contribution in [0, 0.1) is 6.92 Å². The molecule has 2 rings (SSSR count). The van der Waals surface area contributed by atoms with Gasteiger partial charge < -0.3 is 5.32 Å². The topological polar surface area (TPSA) is 58.1 Å². The zero-order valence-corrected chi connectivity index (χ0v) is 14.0. The number of hydrogen-bond donors (Lipinski definition) is 1. The first-order chi connectivity index (χ1) is 11.3. The average molecular weight is 344 g/mol. The highest BCUT2D eigenvalue weighted by Crippen LogP contribution is 2.27. The Hall–Kier alpha value is -1.70. The van der Waals surface area contributed by atoms with Crippen molar-refractivity contribution in [2.24, 2.45) is 0 Å². The predicted octanol–water partition coefficient (Wildman–Crippen LogP) is 2.34. The molecule has 8 heteroatoms. The molecule has 1 saturated heterocycles. The molecule has 1 aromatic rings. The van der Waals surface area contributed by atoms with E-state index >= 15 is 0 Å². The highest BCUT2D eigenvalue weighted by molar-refractivity contribution is 5.81. The number of aromatic nitrogens is 2. The van der Waals surface area contributed by atoms with E-state index in [2.05, 4.69) is 15.3 Å². The fraction of sp³-hybridized carbons (Fsp3) is 0.688. The van der Waals surface area contributed by atoms with E-state index in [4.69, 9.17) is 0 Å². The van der Waals surface area contributed by atoms with Gasteiger partial charge in [-0.15, -0.1) is 0 Å². The van der Waals surface area contributed by atoms with Gasteiger partial charge in [-0.2, -0.15) is 13.2 Å². The van der Waals surface area contributed by atoms with E-state index in [1.54, 1.807) is 0 Å². The monoisotopic (exact) mass is 344 g/mol. The lowest BCUT2D eigenvalue weighted by molar-refractivity contribution is -0.141. The van der Waals surface area contributed by atoms with Crippen LogP contribution < -0.4 is 5.32 Å². The van der Waals surface area contributed by atoms with Crippen LogP contribution in [-0.2, 0) is 17.4 Å². The number of nitrogens with one attached hydrogen (secondary N) is 1. The maximum Gasteiger partial charge on any atom is 0.433 e. The van der Waals surface area contributed by atoms with Gasteiger partial charge >= 0.3 is 6.18 Å². The quantitative estimate of drug-likeness (QED) is 0.911. The molecule has 1 aliphatic rings. The van der Waals surface area contributed by atoms with Gasteiger partial charge in [-0.25, -0.2) is 9.97 Å². The normalized spacial score (nSPS) is 19.8. The molecular formula is C16H23F3N4O. The molecule has 1 fully saturated rings. The second kappa shape index (κ2) is 7.92. The van der Waals surface area contributed by atoms with Crippen LogP contribution in [0.1, 0.15) is 42.9 Å². The second-order valence-electron chi connectivity index (χ2n) is 6.20. The molecule has 0 bridgehead atoms. The smallest absolute Gasteiger partial charge is 0.354 e. The molecular weight excluding hydrogens is 321 g/mol. The van der Waals surface area contributed by atoms with Crippen molar-refractivity contribution in [3.8, 4) is 0 Å². The Kier molecular flexibility index (Phi) is 6.15. The van der Waals surface area contributed by atoms with Crippen molar-refractivity contribution in [2.75, 3.05) is 20.1 Å². The van der Waals surface area contributed by atoms with E-state index in [0.29, 0.717) is 0 Å². The van der Waals surface area contributed by atoms with Crippen LogP contribution in [0.25, 0.3) is 0 Å². The number of hydrogen-bond acceptors (Lipinski definition) is 4. The van der Waals surface area contributed by atoms with E-state index in [1.807, 2.05) is 11.9 Å². The Morgan fingerprint density at radius 2 is 2.08 bits per heavy atom. The summed E-state index contributed by atoms with van der Waals surface area (Å²) in [6.07, 6.45) is -0.301. The predicted molar refractivity (Wildman–Crippen MR) is 83.4 cm³/mol. The van der Waals surface area contributed by atoms with Gasteiger partial charge in [0.2, 0.25) is 5.91 Å². The Morgan fingerprint density at radius 1 is 1.33 bits per heavy atom. The summed E-state index contributed by atoms with van der Waals surface area (Å²) in [6, 6.07) is 0.749. The van der Waals surface area contributed by atoms with E-state index < -0.39 is 11.9 Å². The molecule has 0 saturated carbocycles. The van der Waals surface area contributed by atoms with Crippen molar-refractivity contribution in [3.63, 3.8) is 0 Å². The number of halogens is 3. The van der Waals surface area contributed by atoms with Crippen molar-refractivity contribution < 1.29 is 18.0 Å². The Bertz CT molecular complexity index is 577. The van der Waals surface area contributed by atoms with Gasteiger partial charge in [0.15, 0.2) is 0 Å². The Morgan fingerprint density at radius 3 is 2.79 bits per heavy atom. The molecule has 1 aliphatic heterocycles. The number of likely N-dealkylation sites (N-methyl/N-ethyl adjacent to an activating group) is 1. The van der Waals surface area contributed by atoms with Crippen molar-refractivity contribution in [2.45, 2.75) is 51.2 Å². The molecule has 134 valence electrons. The summed E-state index contributed by atoms with van der Waals surface area (Å²) >= 11 is 0. The highest BCUT2D eigenvalue weighted by atomic mass is 19.4. The first-order valence-corrected chi connectivity index (χ1v) is 8.17. The summed E-state index contributed by atoms with van der Waals surface area (Å²) in [5.74, 6) is 0.0138. The van der Waals surface area contributed by atoms with E-state index in [-0.39, 0.29) is 36.4 Å². The molecule has 1 N–H and O–H groups in total. The Labute approximate surface area is 139 Å². The van der Waals surface area contributed by atoms with Gasteiger partial charge in [0.1, 0.15) is 11.5 Å². The molecule has 1 amide bonds. The summed E-state index contributed by atoms with van der Waals surface area (Å²) in [4.78, 5) is 21.9. The van der Waals surface area contributed by atoms with Crippen LogP contribution in [-0.4, -0.2) is 47.0 Å². The van der Waals surface area contributed by atoms with Gasteiger partial charge in [0.25, 0.3) is 0 Å². The maximum atomic E-state index is 12.8. The SMILES string of the molecule is Cc1cc(C(F)(F)F)nc(CCNC(=O)[C@@H]2CCCCCN2C)n1. The number of amides is 1. The minimum Gasteiger partial charge on any atom is -0.354 e. The molecule has 0 unspecified atom stereocenters. The molecule has 1 atom stereocenters. The summed E-state index contributed by atoms with van der Waals surface area (Å²) in [7, 11) is 1.93. The number of carbonyl (C=O) groups excluding carboxylic acids is 1. The number of carbonyl (C=O) groups is 1. The molecule has 0 aliphatic carbocycles. The summed E-state index contributed by atoms with van der Waals surface area (Å²) in [6.45, 7) is 2.61. The van der Waals surface area contributed by atoms with E-state index in [1.165, 1.54) is 6.92 Å². The lowest BCUT2D eigenvalue weighted by atomic mass is 10.1. The van der Waals surface area contributed by atoms with Gasteiger partial charge in [-0.05, 0) is 39.4 Å². The zero-order valence-electron chi connectivity index (χ0n) is 14.0. The molecule has 1 aromatic heterocycles. The molecule has 0 spiro atoms. The first-order valence-electron chi connectivity index (χ1n) is 8.17. The third-order valence-corrected chi connectivity index (χ3v) is 4.16. The van der Waals surface area contributed by atoms with Gasteiger partial charge in [-0.1, -0.05) is 12.8 Å². The molecule has 24 heavy (non-hydrogen) atoms. The van der Waals surface area contributed by atoms with Crippen molar-refractivity contribution >= 4 is 5.91 Å². The van der Waals surface area contributed by atoms with Gasteiger partial charge in [0.05, 0.1) is 6.04 Å². The van der Waals surface area contributed by atoms with Crippen molar-refractivity contribution in [1.29, 1.82) is 0 Å². The van der Waals surface area contributed by atoms with E-state index in [0.717, 1.165) is 38.3 Å². The minimum atomic E-state index is -4.49. The van der Waals surface area contributed by atoms with Crippen LogP contribution in [0.5, 0.6) is 0 Å². The number of alkyl halides is 3. The van der Waals surface area contributed by atoms with Crippen LogP contribution in [0.2, 0.25) is 0 Å². The molecule has 5 nitrogen and oxygen atoms in total. The lowest BCUT2D eigenvalue weighted by Crippen LogP contribution is -2.45. The maximum absolute atomic E-state index is 12.8. The Balaban J connectivity index is 1.91. The number of rotatable bonds is 4.